The summed E-state index contributed by atoms with van der Waals surface area (Å²) in [6.45, 7) is 1.64. The predicted octanol–water partition coefficient (Wildman–Crippen LogP) is 2.91. The van der Waals surface area contributed by atoms with Gasteiger partial charge in [0.2, 0.25) is 0 Å². The molecule has 0 bridgehead atoms. The number of carbonyl (C=O) groups is 3. The molecule has 2 aromatic rings. The van der Waals surface area contributed by atoms with E-state index >= 15 is 0 Å². The zero-order chi connectivity index (χ0) is 18.2. The van der Waals surface area contributed by atoms with Crippen LogP contribution < -0.4 is 10.6 Å². The Morgan fingerprint density at radius 2 is 1.68 bits per heavy atom. The van der Waals surface area contributed by atoms with Crippen LogP contribution in [0.3, 0.4) is 0 Å². The molecule has 0 aliphatic heterocycles. The number of carbonyl (C=O) groups excluding carboxylic acids is 3. The second kappa shape index (κ2) is 8.84. The van der Waals surface area contributed by atoms with Crippen molar-refractivity contribution in [2.45, 2.75) is 19.6 Å². The van der Waals surface area contributed by atoms with Crippen LogP contribution in [-0.4, -0.2) is 24.0 Å². The van der Waals surface area contributed by atoms with Crippen LogP contribution in [0.2, 0.25) is 5.02 Å². The molecule has 6 nitrogen and oxygen atoms in total. The molecule has 2 N–H and O–H groups in total. The summed E-state index contributed by atoms with van der Waals surface area (Å²) in [4.78, 5) is 35.7. The van der Waals surface area contributed by atoms with Gasteiger partial charge in [-0.15, -0.1) is 0 Å². The average Bonchev–Trinajstić information content (AvgIpc) is 2.61. The number of halogens is 1. The topological polar surface area (TPSA) is 84.5 Å². The minimum absolute atomic E-state index is 0.150. The van der Waals surface area contributed by atoms with E-state index in [-0.39, 0.29) is 17.1 Å². The average molecular weight is 361 g/mol. The largest absolute Gasteiger partial charge is 0.449 e. The van der Waals surface area contributed by atoms with Gasteiger partial charge >= 0.3 is 12.0 Å². The van der Waals surface area contributed by atoms with Crippen LogP contribution >= 0.6 is 11.6 Å². The molecule has 3 amide bonds. The summed E-state index contributed by atoms with van der Waals surface area (Å²) in [5, 5.41) is 4.89. The highest BCUT2D eigenvalue weighted by Crippen LogP contribution is 2.16. The van der Waals surface area contributed by atoms with Crippen LogP contribution in [0, 0.1) is 0 Å². The molecule has 0 spiro atoms. The molecule has 2 aromatic carbocycles. The van der Waals surface area contributed by atoms with Gasteiger partial charge in [0.25, 0.3) is 5.91 Å². The van der Waals surface area contributed by atoms with Gasteiger partial charge in [0.15, 0.2) is 6.10 Å². The molecular formula is C18H17ClN2O4. The van der Waals surface area contributed by atoms with E-state index in [2.05, 4.69) is 10.6 Å². The number of urea groups is 1. The van der Waals surface area contributed by atoms with Crippen LogP contribution in [0.4, 0.5) is 4.79 Å². The third-order valence-corrected chi connectivity index (χ3v) is 3.61. The first-order valence-corrected chi connectivity index (χ1v) is 7.93. The van der Waals surface area contributed by atoms with Gasteiger partial charge in [-0.05, 0) is 24.6 Å². The van der Waals surface area contributed by atoms with Gasteiger partial charge in [0.1, 0.15) is 0 Å². The van der Waals surface area contributed by atoms with E-state index in [9.17, 15) is 14.4 Å². The fourth-order valence-corrected chi connectivity index (χ4v) is 2.15. The lowest BCUT2D eigenvalue weighted by molar-refractivity contribution is -0.127. The van der Waals surface area contributed by atoms with E-state index < -0.39 is 24.0 Å². The Morgan fingerprint density at radius 3 is 2.36 bits per heavy atom. The molecule has 0 aromatic heterocycles. The first kappa shape index (κ1) is 18.5. The standard InChI is InChI=1S/C18H17ClN2O4/c1-12(25-17(23)14-9-5-6-10-15(14)19)16(22)21-18(24)20-11-13-7-3-2-4-8-13/h2-10,12H,11H2,1H3,(H2,20,21,22,24). The number of amides is 3. The number of nitrogens with one attached hydrogen (secondary N) is 2. The maximum Gasteiger partial charge on any atom is 0.340 e. The first-order chi connectivity index (χ1) is 12.0. The SMILES string of the molecule is CC(OC(=O)c1ccccc1Cl)C(=O)NC(=O)NCc1ccccc1. The highest BCUT2D eigenvalue weighted by atomic mass is 35.5. The maximum atomic E-state index is 12.0. The van der Waals surface area contributed by atoms with E-state index in [1.54, 1.807) is 18.2 Å². The number of esters is 1. The Hall–Kier alpha value is -2.86. The normalized spacial score (nSPS) is 11.3. The molecule has 0 fully saturated rings. The van der Waals surface area contributed by atoms with E-state index in [1.165, 1.54) is 13.0 Å². The van der Waals surface area contributed by atoms with Gasteiger partial charge < -0.3 is 10.1 Å². The van der Waals surface area contributed by atoms with Crippen molar-refractivity contribution in [3.63, 3.8) is 0 Å². The monoisotopic (exact) mass is 360 g/mol. The first-order valence-electron chi connectivity index (χ1n) is 7.55. The Labute approximate surface area is 150 Å². The molecule has 1 unspecified atom stereocenters. The molecule has 0 saturated heterocycles. The highest BCUT2D eigenvalue weighted by molar-refractivity contribution is 6.33. The number of hydrogen-bond acceptors (Lipinski definition) is 4. The maximum absolute atomic E-state index is 12.0. The summed E-state index contributed by atoms with van der Waals surface area (Å²) in [6, 6.07) is 14.9. The summed E-state index contributed by atoms with van der Waals surface area (Å²) in [7, 11) is 0. The molecule has 0 radical (unpaired) electrons. The van der Waals surface area contributed by atoms with Gasteiger partial charge in [-0.25, -0.2) is 9.59 Å². The van der Waals surface area contributed by atoms with Crippen LogP contribution in [0.5, 0.6) is 0 Å². The van der Waals surface area contributed by atoms with Crippen LogP contribution in [0.15, 0.2) is 54.6 Å². The van der Waals surface area contributed by atoms with Gasteiger partial charge in [0, 0.05) is 6.54 Å². The molecule has 1 atom stereocenters. The second-order valence-electron chi connectivity index (χ2n) is 5.18. The lowest BCUT2D eigenvalue weighted by Gasteiger charge is -2.14. The molecule has 130 valence electrons. The third kappa shape index (κ3) is 5.61. The van der Waals surface area contributed by atoms with E-state index in [4.69, 9.17) is 16.3 Å². The summed E-state index contributed by atoms with van der Waals surface area (Å²) in [5.74, 6) is -1.47. The Kier molecular flexibility index (Phi) is 6.54. The molecular weight excluding hydrogens is 344 g/mol. The number of ether oxygens (including phenoxy) is 1. The molecule has 2 rings (SSSR count). The van der Waals surface area contributed by atoms with Crippen molar-refractivity contribution < 1.29 is 19.1 Å². The van der Waals surface area contributed by atoms with E-state index in [0.717, 1.165) is 5.56 Å². The van der Waals surface area contributed by atoms with Crippen LogP contribution in [-0.2, 0) is 16.1 Å². The van der Waals surface area contributed by atoms with Gasteiger partial charge in [0.05, 0.1) is 10.6 Å². The van der Waals surface area contributed by atoms with Gasteiger partial charge in [-0.2, -0.15) is 0 Å². The predicted molar refractivity (Wildman–Crippen MR) is 93.1 cm³/mol. The molecule has 0 aliphatic rings. The van der Waals surface area contributed by atoms with Crippen LogP contribution in [0.1, 0.15) is 22.8 Å². The summed E-state index contributed by atoms with van der Waals surface area (Å²) in [6.07, 6.45) is -1.15. The Balaban J connectivity index is 1.82. The molecule has 7 heteroatoms. The lowest BCUT2D eigenvalue weighted by atomic mass is 10.2. The van der Waals surface area contributed by atoms with Crippen LogP contribution in [0.25, 0.3) is 0 Å². The minimum atomic E-state index is -1.15. The van der Waals surface area contributed by atoms with E-state index in [0.29, 0.717) is 0 Å². The van der Waals surface area contributed by atoms with Gasteiger partial charge in [-0.1, -0.05) is 54.1 Å². The van der Waals surface area contributed by atoms with Crippen molar-refractivity contribution in [1.82, 2.24) is 10.6 Å². The molecule has 0 aliphatic carbocycles. The molecule has 25 heavy (non-hydrogen) atoms. The van der Waals surface area contributed by atoms with Gasteiger partial charge in [-0.3, -0.25) is 10.1 Å². The second-order valence-corrected chi connectivity index (χ2v) is 5.59. The fourth-order valence-electron chi connectivity index (χ4n) is 1.94. The quantitative estimate of drug-likeness (QED) is 0.803. The number of imide groups is 1. The van der Waals surface area contributed by atoms with Crippen molar-refractivity contribution in [3.8, 4) is 0 Å². The molecule has 0 saturated carbocycles. The molecule has 0 heterocycles. The van der Waals surface area contributed by atoms with E-state index in [1.807, 2.05) is 30.3 Å². The summed E-state index contributed by atoms with van der Waals surface area (Å²) in [5.41, 5.74) is 1.04. The Morgan fingerprint density at radius 1 is 1.04 bits per heavy atom. The number of benzene rings is 2. The third-order valence-electron chi connectivity index (χ3n) is 3.28. The summed E-state index contributed by atoms with van der Waals surface area (Å²) < 4.78 is 5.03. The zero-order valence-corrected chi connectivity index (χ0v) is 14.2. The number of hydrogen-bond donors (Lipinski definition) is 2. The van der Waals surface area contributed by atoms with Crippen molar-refractivity contribution in [3.05, 3.63) is 70.7 Å². The minimum Gasteiger partial charge on any atom is -0.449 e. The highest BCUT2D eigenvalue weighted by Gasteiger charge is 2.21. The van der Waals surface area contributed by atoms with Crippen molar-refractivity contribution >= 4 is 29.5 Å². The number of rotatable bonds is 5. The fraction of sp³-hybridized carbons (Fsp3) is 0.167. The van der Waals surface area contributed by atoms with Crippen molar-refractivity contribution in [2.75, 3.05) is 0 Å². The van der Waals surface area contributed by atoms with Crippen molar-refractivity contribution in [2.24, 2.45) is 0 Å². The zero-order valence-electron chi connectivity index (χ0n) is 13.5. The lowest BCUT2D eigenvalue weighted by Crippen LogP contribution is -2.44. The van der Waals surface area contributed by atoms with Crippen molar-refractivity contribution in [1.29, 1.82) is 0 Å². The smallest absolute Gasteiger partial charge is 0.340 e. The summed E-state index contributed by atoms with van der Waals surface area (Å²) >= 11 is 5.90. The Bertz CT molecular complexity index is 765.